The topological polar surface area (TPSA) is 131 Å². The molecule has 0 aliphatic rings. The van der Waals surface area contributed by atoms with Crippen molar-refractivity contribution in [2.75, 3.05) is 23.7 Å². The van der Waals surface area contributed by atoms with Crippen molar-refractivity contribution in [3.8, 4) is 11.5 Å². The van der Waals surface area contributed by atoms with Crippen LogP contribution in [0.2, 0.25) is 0 Å². The first-order valence-corrected chi connectivity index (χ1v) is 9.04. The molecular weight excluding hydrogens is 417 g/mol. The largest absolute Gasteiger partial charge is 0.490 e. The summed E-state index contributed by atoms with van der Waals surface area (Å²) in [7, 11) is 1.85. The maximum Gasteiger partial charge on any atom is 0.490 e. The standard InChI is InChI=1S/C16H20N8.C2HF3O2/c1-12-9-20-16(23-14(12)15-21-11-22-24(15)2)19-8-4-7-18-13-5-3-6-17-10-13;3-2(4,5)1(6)7/h3,5-6,9-11,18H,4,7-8H2,1-2H3,(H,19,20,23);(H,6,7). The van der Waals surface area contributed by atoms with Gasteiger partial charge < -0.3 is 15.7 Å². The molecule has 31 heavy (non-hydrogen) atoms. The van der Waals surface area contributed by atoms with Crippen LogP contribution < -0.4 is 10.6 Å². The molecule has 0 aromatic carbocycles. The van der Waals surface area contributed by atoms with E-state index in [1.807, 2.05) is 32.3 Å². The predicted octanol–water partition coefficient (Wildman–Crippen LogP) is 2.52. The highest BCUT2D eigenvalue weighted by atomic mass is 19.4. The minimum absolute atomic E-state index is 0.597. The molecule has 0 unspecified atom stereocenters. The van der Waals surface area contributed by atoms with Gasteiger partial charge in [0.05, 0.1) is 5.69 Å². The van der Waals surface area contributed by atoms with Gasteiger partial charge in [-0.3, -0.25) is 4.98 Å². The van der Waals surface area contributed by atoms with Crippen LogP contribution in [-0.4, -0.2) is 60.1 Å². The Balaban J connectivity index is 0.000000423. The third-order valence-electron chi connectivity index (χ3n) is 3.76. The highest BCUT2D eigenvalue weighted by molar-refractivity contribution is 5.73. The summed E-state index contributed by atoms with van der Waals surface area (Å²) in [4.78, 5) is 26.1. The van der Waals surface area contributed by atoms with Crippen LogP contribution >= 0.6 is 0 Å². The van der Waals surface area contributed by atoms with Gasteiger partial charge in [0.15, 0.2) is 5.82 Å². The van der Waals surface area contributed by atoms with Crippen molar-refractivity contribution in [3.05, 3.63) is 42.6 Å². The van der Waals surface area contributed by atoms with Crippen molar-refractivity contribution >= 4 is 17.6 Å². The SMILES string of the molecule is Cc1cnc(NCCCNc2cccnc2)nc1-c1ncnn1C.O=C(O)C(F)(F)F. The van der Waals surface area contributed by atoms with E-state index in [9.17, 15) is 13.2 Å². The Morgan fingerprint density at radius 2 is 1.90 bits per heavy atom. The second kappa shape index (κ2) is 10.8. The van der Waals surface area contributed by atoms with Crippen LogP contribution in [0, 0.1) is 6.92 Å². The summed E-state index contributed by atoms with van der Waals surface area (Å²) in [6.45, 7) is 3.58. The molecule has 3 heterocycles. The van der Waals surface area contributed by atoms with Gasteiger partial charge >= 0.3 is 12.1 Å². The lowest BCUT2D eigenvalue weighted by atomic mass is 10.2. The minimum atomic E-state index is -5.08. The number of halogens is 3. The number of aliphatic carboxylic acids is 1. The number of pyridine rings is 1. The lowest BCUT2D eigenvalue weighted by Gasteiger charge is -2.09. The molecule has 0 radical (unpaired) electrons. The summed E-state index contributed by atoms with van der Waals surface area (Å²) < 4.78 is 33.4. The van der Waals surface area contributed by atoms with E-state index in [2.05, 4.69) is 35.7 Å². The molecule has 13 heteroatoms. The van der Waals surface area contributed by atoms with Crippen LogP contribution in [-0.2, 0) is 11.8 Å². The lowest BCUT2D eigenvalue weighted by molar-refractivity contribution is -0.192. The Kier molecular flexibility index (Phi) is 8.23. The third-order valence-corrected chi connectivity index (χ3v) is 3.76. The monoisotopic (exact) mass is 438 g/mol. The Morgan fingerprint density at radius 3 is 2.48 bits per heavy atom. The second-order valence-corrected chi connectivity index (χ2v) is 6.18. The summed E-state index contributed by atoms with van der Waals surface area (Å²) in [5.74, 6) is -1.43. The number of carboxylic acid groups (broad SMARTS) is 1. The van der Waals surface area contributed by atoms with Gasteiger partial charge in [-0.25, -0.2) is 24.4 Å². The second-order valence-electron chi connectivity index (χ2n) is 6.18. The minimum Gasteiger partial charge on any atom is -0.475 e. The fourth-order valence-corrected chi connectivity index (χ4v) is 2.25. The van der Waals surface area contributed by atoms with Crippen LogP contribution in [0.25, 0.3) is 11.5 Å². The molecule has 3 rings (SSSR count). The maximum atomic E-state index is 10.6. The van der Waals surface area contributed by atoms with Crippen LogP contribution in [0.1, 0.15) is 12.0 Å². The van der Waals surface area contributed by atoms with E-state index in [0.717, 1.165) is 42.3 Å². The molecule has 0 saturated carbocycles. The Bertz CT molecular complexity index is 979. The molecule has 0 saturated heterocycles. The molecule has 166 valence electrons. The average molecular weight is 438 g/mol. The fraction of sp³-hybridized carbons (Fsp3) is 0.333. The van der Waals surface area contributed by atoms with Crippen molar-refractivity contribution in [2.24, 2.45) is 7.05 Å². The molecule has 3 aromatic rings. The molecule has 0 bridgehead atoms. The molecule has 0 spiro atoms. The quantitative estimate of drug-likeness (QED) is 0.476. The predicted molar refractivity (Wildman–Crippen MR) is 106 cm³/mol. The van der Waals surface area contributed by atoms with Gasteiger partial charge in [-0.15, -0.1) is 0 Å². The molecule has 3 N–H and O–H groups in total. The molecule has 0 amide bonds. The first-order chi connectivity index (χ1) is 14.7. The van der Waals surface area contributed by atoms with E-state index in [1.54, 1.807) is 17.1 Å². The van der Waals surface area contributed by atoms with E-state index < -0.39 is 12.1 Å². The number of carboxylic acids is 1. The Morgan fingerprint density at radius 1 is 1.19 bits per heavy atom. The van der Waals surface area contributed by atoms with E-state index in [-0.39, 0.29) is 0 Å². The summed E-state index contributed by atoms with van der Waals surface area (Å²) in [5, 5.41) is 17.8. The Labute approximate surface area is 175 Å². The van der Waals surface area contributed by atoms with Crippen molar-refractivity contribution in [1.82, 2.24) is 29.7 Å². The van der Waals surface area contributed by atoms with Crippen molar-refractivity contribution < 1.29 is 23.1 Å². The number of carbonyl (C=O) groups is 1. The van der Waals surface area contributed by atoms with Crippen molar-refractivity contribution in [2.45, 2.75) is 19.5 Å². The number of anilines is 2. The summed E-state index contributed by atoms with van der Waals surface area (Å²) in [6, 6.07) is 3.91. The van der Waals surface area contributed by atoms with Gasteiger partial charge in [0, 0.05) is 38.7 Å². The average Bonchev–Trinajstić information content (AvgIpc) is 3.15. The molecular formula is C18H21F3N8O2. The first-order valence-electron chi connectivity index (χ1n) is 9.04. The number of rotatable bonds is 7. The van der Waals surface area contributed by atoms with Crippen molar-refractivity contribution in [3.63, 3.8) is 0 Å². The molecule has 3 aromatic heterocycles. The number of alkyl halides is 3. The van der Waals surface area contributed by atoms with E-state index in [1.165, 1.54) is 6.33 Å². The Hall–Kier alpha value is -3.77. The van der Waals surface area contributed by atoms with E-state index in [4.69, 9.17) is 9.90 Å². The summed E-state index contributed by atoms with van der Waals surface area (Å²) >= 11 is 0. The maximum absolute atomic E-state index is 10.6. The van der Waals surface area contributed by atoms with Crippen LogP contribution in [0.15, 0.2) is 37.1 Å². The van der Waals surface area contributed by atoms with Gasteiger partial charge in [-0.2, -0.15) is 18.3 Å². The van der Waals surface area contributed by atoms with Gasteiger partial charge in [-0.05, 0) is 31.0 Å². The number of aromatic nitrogens is 6. The number of nitrogens with one attached hydrogen (secondary N) is 2. The molecule has 0 aliphatic carbocycles. The molecule has 10 nitrogen and oxygen atoms in total. The number of hydrogen-bond acceptors (Lipinski definition) is 8. The van der Waals surface area contributed by atoms with Gasteiger partial charge in [0.25, 0.3) is 0 Å². The molecule has 0 fully saturated rings. The molecule has 0 atom stereocenters. The highest BCUT2D eigenvalue weighted by Crippen LogP contribution is 2.18. The first kappa shape index (κ1) is 23.5. The zero-order valence-corrected chi connectivity index (χ0v) is 16.8. The van der Waals surface area contributed by atoms with E-state index in [0.29, 0.717) is 5.95 Å². The zero-order valence-electron chi connectivity index (χ0n) is 16.8. The normalized spacial score (nSPS) is 10.7. The number of aryl methyl sites for hydroxylation is 2. The smallest absolute Gasteiger partial charge is 0.475 e. The number of hydrogen-bond donors (Lipinski definition) is 3. The van der Waals surface area contributed by atoms with Crippen molar-refractivity contribution in [1.29, 1.82) is 0 Å². The van der Waals surface area contributed by atoms with Gasteiger partial charge in [0.1, 0.15) is 12.0 Å². The lowest BCUT2D eigenvalue weighted by Crippen LogP contribution is -2.21. The zero-order chi connectivity index (χ0) is 22.9. The van der Waals surface area contributed by atoms with Crippen LogP contribution in [0.5, 0.6) is 0 Å². The summed E-state index contributed by atoms with van der Waals surface area (Å²) in [6.07, 6.45) is 2.74. The van der Waals surface area contributed by atoms with Gasteiger partial charge in [0.2, 0.25) is 5.95 Å². The third kappa shape index (κ3) is 7.53. The highest BCUT2D eigenvalue weighted by Gasteiger charge is 2.38. The molecule has 0 aliphatic heterocycles. The van der Waals surface area contributed by atoms with E-state index >= 15 is 0 Å². The van der Waals surface area contributed by atoms with Gasteiger partial charge in [-0.1, -0.05) is 0 Å². The fourth-order valence-electron chi connectivity index (χ4n) is 2.25. The van der Waals surface area contributed by atoms with Crippen LogP contribution in [0.3, 0.4) is 0 Å². The van der Waals surface area contributed by atoms with Crippen LogP contribution in [0.4, 0.5) is 24.8 Å². The number of nitrogens with zero attached hydrogens (tertiary/aromatic N) is 6. The summed E-state index contributed by atoms with van der Waals surface area (Å²) in [5.41, 5.74) is 2.78.